The molecule has 0 aromatic carbocycles. The number of hydrogen-bond donors (Lipinski definition) is 1. The number of nitrogens with zero attached hydrogens (tertiary/aromatic N) is 5. The first-order valence-electron chi connectivity index (χ1n) is 6.25. The summed E-state index contributed by atoms with van der Waals surface area (Å²) in [4.78, 5) is 28.6. The number of imidazole rings is 1. The Kier molecular flexibility index (Phi) is 4.21. The zero-order valence-corrected chi connectivity index (χ0v) is 13.1. The summed E-state index contributed by atoms with van der Waals surface area (Å²) < 4.78 is 3.37. The molecule has 1 amide bonds. The Morgan fingerprint density at radius 3 is 2.62 bits per heavy atom. The van der Waals surface area contributed by atoms with E-state index in [-0.39, 0.29) is 18.2 Å². The lowest BCUT2D eigenvalue weighted by atomic mass is 10.4. The lowest BCUT2D eigenvalue weighted by molar-refractivity contribution is -0.134. The first-order chi connectivity index (χ1) is 9.81. The third-order valence-corrected chi connectivity index (χ3v) is 3.93. The van der Waals surface area contributed by atoms with Crippen LogP contribution < -0.4 is 0 Å². The van der Waals surface area contributed by atoms with Crippen molar-refractivity contribution < 1.29 is 14.7 Å². The van der Waals surface area contributed by atoms with Gasteiger partial charge in [0, 0.05) is 21.1 Å². The van der Waals surface area contributed by atoms with Gasteiger partial charge in [-0.15, -0.1) is 0 Å². The Hall–Kier alpha value is -2.03. The van der Waals surface area contributed by atoms with Crippen LogP contribution in [0.1, 0.15) is 5.69 Å². The first-order valence-corrected chi connectivity index (χ1v) is 7.24. The molecule has 0 unspecified atom stereocenters. The van der Waals surface area contributed by atoms with Crippen LogP contribution in [0.15, 0.2) is 5.16 Å². The van der Waals surface area contributed by atoms with E-state index in [1.165, 1.54) is 4.90 Å². The SMILES string of the molecule is Cc1nn(C)c2c1nc(SCC(=O)O)n2CC(=O)N(C)C. The Morgan fingerprint density at radius 2 is 2.05 bits per heavy atom. The molecular weight excluding hydrogens is 294 g/mol. The summed E-state index contributed by atoms with van der Waals surface area (Å²) in [6.45, 7) is 1.93. The number of thioether (sulfide) groups is 1. The van der Waals surface area contributed by atoms with Crippen LogP contribution in [0.4, 0.5) is 0 Å². The van der Waals surface area contributed by atoms with Crippen molar-refractivity contribution in [3.63, 3.8) is 0 Å². The van der Waals surface area contributed by atoms with Crippen LogP contribution in [0.5, 0.6) is 0 Å². The Bertz CT molecular complexity index is 703. The fraction of sp³-hybridized carbons (Fsp3) is 0.500. The number of hydrogen-bond acceptors (Lipinski definition) is 5. The molecule has 0 aliphatic rings. The zero-order valence-electron chi connectivity index (χ0n) is 12.3. The molecule has 0 bridgehead atoms. The average Bonchev–Trinajstić information content (AvgIpc) is 2.87. The van der Waals surface area contributed by atoms with E-state index >= 15 is 0 Å². The highest BCUT2D eigenvalue weighted by molar-refractivity contribution is 7.99. The number of carbonyl (C=O) groups excluding carboxylic acids is 1. The second-order valence-corrected chi connectivity index (χ2v) is 5.77. The van der Waals surface area contributed by atoms with Gasteiger partial charge < -0.3 is 10.0 Å². The maximum atomic E-state index is 12.0. The van der Waals surface area contributed by atoms with Gasteiger partial charge in [-0.25, -0.2) is 4.98 Å². The predicted molar refractivity (Wildman–Crippen MR) is 78.3 cm³/mol. The van der Waals surface area contributed by atoms with Crippen LogP contribution in [0.2, 0.25) is 0 Å². The molecule has 0 radical (unpaired) electrons. The molecule has 2 heterocycles. The van der Waals surface area contributed by atoms with E-state index in [2.05, 4.69) is 10.1 Å². The molecule has 2 rings (SSSR count). The fourth-order valence-electron chi connectivity index (χ4n) is 1.97. The predicted octanol–water partition coefficient (Wildman–Crippen LogP) is 0.343. The second-order valence-electron chi connectivity index (χ2n) is 4.83. The molecule has 0 spiro atoms. The van der Waals surface area contributed by atoms with Gasteiger partial charge in [-0.05, 0) is 6.92 Å². The van der Waals surface area contributed by atoms with Gasteiger partial charge in [0.1, 0.15) is 12.1 Å². The number of aryl methyl sites for hydroxylation is 2. The lowest BCUT2D eigenvalue weighted by Crippen LogP contribution is -2.27. The molecule has 0 aliphatic carbocycles. The molecule has 0 fully saturated rings. The minimum absolute atomic E-state index is 0.0923. The van der Waals surface area contributed by atoms with Crippen LogP contribution in [-0.2, 0) is 23.2 Å². The number of carbonyl (C=O) groups is 2. The molecule has 9 heteroatoms. The molecule has 0 aliphatic heterocycles. The highest BCUT2D eigenvalue weighted by Gasteiger charge is 2.20. The monoisotopic (exact) mass is 311 g/mol. The van der Waals surface area contributed by atoms with Gasteiger partial charge >= 0.3 is 5.97 Å². The van der Waals surface area contributed by atoms with E-state index < -0.39 is 5.97 Å². The average molecular weight is 311 g/mol. The smallest absolute Gasteiger partial charge is 0.313 e. The van der Waals surface area contributed by atoms with Gasteiger partial charge in [0.05, 0.1) is 11.4 Å². The van der Waals surface area contributed by atoms with Gasteiger partial charge in [0.15, 0.2) is 10.8 Å². The van der Waals surface area contributed by atoms with Crippen molar-refractivity contribution in [1.82, 2.24) is 24.2 Å². The third kappa shape index (κ3) is 3.02. The van der Waals surface area contributed by atoms with E-state index in [1.54, 1.807) is 30.4 Å². The fourth-order valence-corrected chi connectivity index (χ4v) is 2.69. The molecule has 0 saturated heterocycles. The van der Waals surface area contributed by atoms with Gasteiger partial charge in [0.25, 0.3) is 0 Å². The second kappa shape index (κ2) is 5.76. The molecule has 0 saturated carbocycles. The summed E-state index contributed by atoms with van der Waals surface area (Å²) in [5.74, 6) is -1.12. The number of aliphatic carboxylic acids is 1. The quantitative estimate of drug-likeness (QED) is 0.801. The minimum Gasteiger partial charge on any atom is -0.481 e. The maximum absolute atomic E-state index is 12.0. The van der Waals surface area contributed by atoms with Crippen molar-refractivity contribution in [3.8, 4) is 0 Å². The summed E-state index contributed by atoms with van der Waals surface area (Å²) in [5.41, 5.74) is 2.16. The van der Waals surface area contributed by atoms with Gasteiger partial charge in [0.2, 0.25) is 5.91 Å². The van der Waals surface area contributed by atoms with Crippen LogP contribution in [0.3, 0.4) is 0 Å². The van der Waals surface area contributed by atoms with Crippen LogP contribution in [0, 0.1) is 6.92 Å². The molecule has 2 aromatic rings. The number of carboxylic acid groups (broad SMARTS) is 1. The third-order valence-electron chi connectivity index (χ3n) is 2.97. The van der Waals surface area contributed by atoms with Crippen LogP contribution in [0.25, 0.3) is 11.2 Å². The molecule has 21 heavy (non-hydrogen) atoms. The van der Waals surface area contributed by atoms with Gasteiger partial charge in [-0.2, -0.15) is 5.10 Å². The maximum Gasteiger partial charge on any atom is 0.313 e. The molecule has 1 N–H and O–H groups in total. The van der Waals surface area contributed by atoms with E-state index in [0.29, 0.717) is 10.7 Å². The standard InChI is InChI=1S/C12H17N5O3S/c1-7-10-11(16(4)14-7)17(5-8(18)15(2)3)12(13-10)21-6-9(19)20/h5-6H2,1-4H3,(H,19,20). The Balaban J connectivity index is 2.48. The van der Waals surface area contributed by atoms with E-state index in [4.69, 9.17) is 5.11 Å². The number of aromatic nitrogens is 4. The molecule has 2 aromatic heterocycles. The zero-order chi connectivity index (χ0) is 15.7. The molecular formula is C12H17N5O3S. The highest BCUT2D eigenvalue weighted by atomic mass is 32.2. The van der Waals surface area contributed by atoms with Crippen molar-refractivity contribution in [1.29, 1.82) is 0 Å². The van der Waals surface area contributed by atoms with Gasteiger partial charge in [-0.1, -0.05) is 11.8 Å². The molecule has 8 nitrogen and oxygen atoms in total. The summed E-state index contributed by atoms with van der Waals surface area (Å²) >= 11 is 1.10. The van der Waals surface area contributed by atoms with Crippen molar-refractivity contribution in [2.45, 2.75) is 18.6 Å². The van der Waals surface area contributed by atoms with E-state index in [1.807, 2.05) is 6.92 Å². The number of carboxylic acids is 1. The minimum atomic E-state index is -0.924. The van der Waals surface area contributed by atoms with Crippen molar-refractivity contribution in [2.75, 3.05) is 19.8 Å². The van der Waals surface area contributed by atoms with Crippen molar-refractivity contribution in [3.05, 3.63) is 5.69 Å². The number of amides is 1. The summed E-state index contributed by atoms with van der Waals surface area (Å²) in [6, 6.07) is 0. The number of likely N-dealkylation sites (N-methyl/N-ethyl adjacent to an activating group) is 1. The number of fused-ring (bicyclic) bond motifs is 1. The molecule has 0 atom stereocenters. The van der Waals surface area contributed by atoms with E-state index in [0.717, 1.165) is 23.1 Å². The van der Waals surface area contributed by atoms with E-state index in [9.17, 15) is 9.59 Å². The van der Waals surface area contributed by atoms with Crippen molar-refractivity contribution in [2.24, 2.45) is 7.05 Å². The van der Waals surface area contributed by atoms with Crippen molar-refractivity contribution >= 4 is 34.8 Å². The van der Waals surface area contributed by atoms with Crippen LogP contribution in [-0.4, -0.2) is 61.1 Å². The summed E-state index contributed by atoms with van der Waals surface area (Å²) in [5, 5.41) is 13.6. The Labute approximate surface area is 125 Å². The van der Waals surface area contributed by atoms with Crippen LogP contribution >= 0.6 is 11.8 Å². The molecule has 114 valence electrons. The number of rotatable bonds is 5. The highest BCUT2D eigenvalue weighted by Crippen LogP contribution is 2.25. The summed E-state index contributed by atoms with van der Waals surface area (Å²) in [7, 11) is 5.13. The normalized spacial score (nSPS) is 11.0. The lowest BCUT2D eigenvalue weighted by Gasteiger charge is -2.13. The largest absolute Gasteiger partial charge is 0.481 e. The van der Waals surface area contributed by atoms with Gasteiger partial charge in [-0.3, -0.25) is 18.8 Å². The topological polar surface area (TPSA) is 93.2 Å². The Morgan fingerprint density at radius 1 is 1.38 bits per heavy atom. The summed E-state index contributed by atoms with van der Waals surface area (Å²) in [6.07, 6.45) is 0. The first kappa shape index (κ1) is 15.4.